The summed E-state index contributed by atoms with van der Waals surface area (Å²) < 4.78 is 13.3. The van der Waals surface area contributed by atoms with Gasteiger partial charge in [0.05, 0.1) is 32.0 Å². The molecule has 1 N–H and O–H groups in total. The van der Waals surface area contributed by atoms with E-state index in [9.17, 15) is 4.79 Å². The monoisotopic (exact) mass is 322 g/mol. The Hall–Kier alpha value is -1.44. The second-order valence-electron chi connectivity index (χ2n) is 6.56. The van der Waals surface area contributed by atoms with E-state index in [1.807, 2.05) is 31.3 Å². The topological polar surface area (TPSA) is 68.6 Å². The first-order valence-electron chi connectivity index (χ1n) is 8.30. The van der Waals surface area contributed by atoms with Gasteiger partial charge in [-0.1, -0.05) is 0 Å². The van der Waals surface area contributed by atoms with Gasteiger partial charge in [0, 0.05) is 38.5 Å². The molecule has 1 aromatic heterocycles. The van der Waals surface area contributed by atoms with Crippen molar-refractivity contribution < 1.29 is 14.3 Å². The lowest BCUT2D eigenvalue weighted by atomic mass is 9.97. The Labute approximate surface area is 136 Å². The minimum Gasteiger partial charge on any atom is -0.377 e. The first-order valence-corrected chi connectivity index (χ1v) is 8.30. The average Bonchev–Trinajstić information content (AvgIpc) is 3.19. The summed E-state index contributed by atoms with van der Waals surface area (Å²) in [5.41, 5.74) is 0.515. The number of nitrogens with zero attached hydrogens (tertiary/aromatic N) is 3. The maximum absolute atomic E-state index is 12.4. The third kappa shape index (κ3) is 3.91. The van der Waals surface area contributed by atoms with Crippen molar-refractivity contribution in [2.75, 3.05) is 39.4 Å². The van der Waals surface area contributed by atoms with Gasteiger partial charge in [-0.05, 0) is 19.8 Å². The number of hydrogen-bond acceptors (Lipinski definition) is 5. The van der Waals surface area contributed by atoms with Crippen LogP contribution in [0.3, 0.4) is 0 Å². The van der Waals surface area contributed by atoms with Gasteiger partial charge in [-0.2, -0.15) is 5.10 Å². The third-order valence-electron chi connectivity index (χ3n) is 4.61. The standard InChI is InChI=1S/C16H26N4O3/c1-16(13-8-18-19(2)11-13)12-20(5-7-23-16)15(21)10-17-9-14-4-3-6-22-14/h8,11,14,17H,3-7,9-10,12H2,1-2H3/t14-,16+/m0/s1. The fraction of sp³-hybridized carbons (Fsp3) is 0.750. The summed E-state index contributed by atoms with van der Waals surface area (Å²) >= 11 is 0. The average molecular weight is 322 g/mol. The van der Waals surface area contributed by atoms with Crippen LogP contribution in [0.25, 0.3) is 0 Å². The minimum atomic E-state index is -0.489. The van der Waals surface area contributed by atoms with E-state index in [1.54, 1.807) is 4.68 Å². The van der Waals surface area contributed by atoms with Crippen molar-refractivity contribution in [3.8, 4) is 0 Å². The molecule has 1 aromatic rings. The molecule has 3 rings (SSSR count). The fourth-order valence-corrected chi connectivity index (χ4v) is 3.21. The molecule has 0 bridgehead atoms. The van der Waals surface area contributed by atoms with Crippen molar-refractivity contribution in [2.24, 2.45) is 7.05 Å². The second kappa shape index (κ2) is 6.98. The fourth-order valence-electron chi connectivity index (χ4n) is 3.21. The molecular weight excluding hydrogens is 296 g/mol. The van der Waals surface area contributed by atoms with Gasteiger partial charge in [-0.15, -0.1) is 0 Å². The normalized spacial score (nSPS) is 28.3. The summed E-state index contributed by atoms with van der Waals surface area (Å²) in [5, 5.41) is 7.43. The molecular formula is C16H26N4O3. The summed E-state index contributed by atoms with van der Waals surface area (Å²) in [7, 11) is 1.88. The lowest BCUT2D eigenvalue weighted by Gasteiger charge is -2.40. The van der Waals surface area contributed by atoms with Crippen LogP contribution in [0.2, 0.25) is 0 Å². The number of rotatable bonds is 5. The van der Waals surface area contributed by atoms with E-state index >= 15 is 0 Å². The zero-order chi connectivity index (χ0) is 16.3. The molecule has 2 aliphatic rings. The van der Waals surface area contributed by atoms with Crippen LogP contribution in [0.1, 0.15) is 25.3 Å². The molecule has 23 heavy (non-hydrogen) atoms. The first-order chi connectivity index (χ1) is 11.1. The molecule has 0 aliphatic carbocycles. The Bertz CT molecular complexity index is 541. The first kappa shape index (κ1) is 16.4. The summed E-state index contributed by atoms with van der Waals surface area (Å²) in [5.74, 6) is 0.112. The molecule has 1 amide bonds. The van der Waals surface area contributed by atoms with Gasteiger partial charge in [0.1, 0.15) is 5.60 Å². The predicted molar refractivity (Wildman–Crippen MR) is 84.9 cm³/mol. The Morgan fingerprint density at radius 1 is 1.52 bits per heavy atom. The van der Waals surface area contributed by atoms with Crippen molar-refractivity contribution in [2.45, 2.75) is 31.5 Å². The van der Waals surface area contributed by atoms with Crippen molar-refractivity contribution in [1.82, 2.24) is 20.0 Å². The quantitative estimate of drug-likeness (QED) is 0.842. The zero-order valence-electron chi connectivity index (χ0n) is 14.0. The summed E-state index contributed by atoms with van der Waals surface area (Å²) in [6, 6.07) is 0. The molecule has 0 unspecified atom stereocenters. The van der Waals surface area contributed by atoms with E-state index in [0.29, 0.717) is 26.2 Å². The molecule has 128 valence electrons. The molecule has 2 fully saturated rings. The van der Waals surface area contributed by atoms with Crippen LogP contribution in [0.15, 0.2) is 12.4 Å². The third-order valence-corrected chi connectivity index (χ3v) is 4.61. The summed E-state index contributed by atoms with van der Waals surface area (Å²) in [6.07, 6.45) is 6.21. The highest BCUT2D eigenvalue weighted by Gasteiger charge is 2.36. The Balaban J connectivity index is 1.52. The van der Waals surface area contributed by atoms with E-state index < -0.39 is 5.60 Å². The molecule has 3 heterocycles. The number of nitrogens with one attached hydrogen (secondary N) is 1. The van der Waals surface area contributed by atoms with Crippen LogP contribution in [0, 0.1) is 0 Å². The van der Waals surface area contributed by atoms with Crippen LogP contribution in [0.5, 0.6) is 0 Å². The molecule has 0 aromatic carbocycles. The van der Waals surface area contributed by atoms with Gasteiger partial charge >= 0.3 is 0 Å². The number of carbonyl (C=O) groups is 1. The van der Waals surface area contributed by atoms with Crippen molar-refractivity contribution in [3.05, 3.63) is 18.0 Å². The van der Waals surface area contributed by atoms with Gasteiger partial charge in [0.25, 0.3) is 0 Å². The van der Waals surface area contributed by atoms with E-state index in [4.69, 9.17) is 9.47 Å². The number of aryl methyl sites for hydroxylation is 1. The van der Waals surface area contributed by atoms with Gasteiger partial charge in [0.2, 0.25) is 5.91 Å². The van der Waals surface area contributed by atoms with Gasteiger partial charge in [-0.25, -0.2) is 0 Å². The zero-order valence-corrected chi connectivity index (χ0v) is 14.0. The molecule has 7 nitrogen and oxygen atoms in total. The van der Waals surface area contributed by atoms with Crippen LogP contribution in [-0.4, -0.2) is 66.1 Å². The lowest BCUT2D eigenvalue weighted by molar-refractivity contribution is -0.148. The number of aromatic nitrogens is 2. The van der Waals surface area contributed by atoms with Crippen LogP contribution < -0.4 is 5.32 Å². The Morgan fingerprint density at radius 3 is 3.09 bits per heavy atom. The smallest absolute Gasteiger partial charge is 0.236 e. The lowest BCUT2D eigenvalue weighted by Crippen LogP contribution is -2.52. The Morgan fingerprint density at radius 2 is 2.39 bits per heavy atom. The number of morpholine rings is 1. The van der Waals surface area contributed by atoms with Crippen LogP contribution in [0.4, 0.5) is 0 Å². The van der Waals surface area contributed by atoms with Crippen LogP contribution >= 0.6 is 0 Å². The molecule has 2 saturated heterocycles. The highest BCUT2D eigenvalue weighted by atomic mass is 16.5. The van der Waals surface area contributed by atoms with E-state index in [0.717, 1.165) is 31.6 Å². The van der Waals surface area contributed by atoms with Crippen molar-refractivity contribution in [3.63, 3.8) is 0 Å². The van der Waals surface area contributed by atoms with Crippen molar-refractivity contribution >= 4 is 5.91 Å². The molecule has 2 aliphatic heterocycles. The predicted octanol–water partition coefficient (Wildman–Crippen LogP) is 0.263. The largest absolute Gasteiger partial charge is 0.377 e. The van der Waals surface area contributed by atoms with E-state index in [1.165, 1.54) is 0 Å². The Kier molecular flexibility index (Phi) is 4.99. The maximum Gasteiger partial charge on any atom is 0.236 e. The van der Waals surface area contributed by atoms with E-state index in [-0.39, 0.29) is 12.0 Å². The van der Waals surface area contributed by atoms with Gasteiger partial charge < -0.3 is 19.7 Å². The number of ether oxygens (including phenoxy) is 2. The highest BCUT2D eigenvalue weighted by molar-refractivity contribution is 5.78. The molecule has 7 heteroatoms. The number of carbonyl (C=O) groups excluding carboxylic acids is 1. The number of amides is 1. The minimum absolute atomic E-state index is 0.112. The molecule has 0 radical (unpaired) electrons. The van der Waals surface area contributed by atoms with Crippen LogP contribution in [-0.2, 0) is 26.9 Å². The molecule has 0 saturated carbocycles. The second-order valence-corrected chi connectivity index (χ2v) is 6.56. The summed E-state index contributed by atoms with van der Waals surface area (Å²) in [6.45, 7) is 5.69. The highest BCUT2D eigenvalue weighted by Crippen LogP contribution is 2.28. The van der Waals surface area contributed by atoms with Gasteiger partial charge in [-0.3, -0.25) is 9.48 Å². The molecule has 0 spiro atoms. The maximum atomic E-state index is 12.4. The SMILES string of the molecule is Cn1cc([C@@]2(C)CN(C(=O)CNC[C@@H]3CCCO3)CCO2)cn1. The van der Waals surface area contributed by atoms with Gasteiger partial charge in [0.15, 0.2) is 0 Å². The molecule has 2 atom stereocenters. The summed E-state index contributed by atoms with van der Waals surface area (Å²) in [4.78, 5) is 14.3. The number of hydrogen-bond donors (Lipinski definition) is 1. The van der Waals surface area contributed by atoms with E-state index in [2.05, 4.69) is 10.4 Å². The van der Waals surface area contributed by atoms with Crippen molar-refractivity contribution in [1.29, 1.82) is 0 Å².